The summed E-state index contributed by atoms with van der Waals surface area (Å²) in [5.74, 6) is 0. The summed E-state index contributed by atoms with van der Waals surface area (Å²) in [5, 5.41) is 3.41. The number of likely N-dealkylation sites (N-methyl/N-ethyl adjacent to an activating group) is 1. The molecule has 0 aliphatic heterocycles. The van der Waals surface area contributed by atoms with Crippen molar-refractivity contribution in [1.82, 2.24) is 5.32 Å². The van der Waals surface area contributed by atoms with E-state index in [1.807, 2.05) is 7.05 Å². The summed E-state index contributed by atoms with van der Waals surface area (Å²) < 4.78 is 1.29. The Morgan fingerprint density at radius 1 is 1.11 bits per heavy atom. The first kappa shape index (κ1) is 13.6. The van der Waals surface area contributed by atoms with Crippen molar-refractivity contribution in [2.75, 3.05) is 7.05 Å². The lowest BCUT2D eigenvalue weighted by Crippen LogP contribution is -2.18. The van der Waals surface area contributed by atoms with Gasteiger partial charge in [-0.25, -0.2) is 0 Å². The van der Waals surface area contributed by atoms with Gasteiger partial charge in [-0.2, -0.15) is 0 Å². The van der Waals surface area contributed by atoms with Gasteiger partial charge in [-0.05, 0) is 66.2 Å². The first-order chi connectivity index (χ1) is 8.69. The molecule has 1 N–H and O–H groups in total. The van der Waals surface area contributed by atoms with E-state index < -0.39 is 0 Å². The summed E-state index contributed by atoms with van der Waals surface area (Å²) in [4.78, 5) is 0. The molecule has 2 aromatic rings. The van der Waals surface area contributed by atoms with Crippen LogP contribution in [0, 0.1) is 10.5 Å². The van der Waals surface area contributed by atoms with Crippen molar-refractivity contribution in [2.24, 2.45) is 0 Å². The van der Waals surface area contributed by atoms with E-state index in [1.54, 1.807) is 0 Å². The minimum absolute atomic E-state index is 0.376. The van der Waals surface area contributed by atoms with Crippen molar-refractivity contribution >= 4 is 22.6 Å². The Hall–Kier alpha value is -0.870. The molecule has 2 aromatic carbocycles. The Balaban J connectivity index is 2.19. The van der Waals surface area contributed by atoms with E-state index >= 15 is 0 Å². The van der Waals surface area contributed by atoms with Gasteiger partial charge in [0, 0.05) is 9.61 Å². The lowest BCUT2D eigenvalue weighted by molar-refractivity contribution is 0.591. The van der Waals surface area contributed by atoms with Crippen LogP contribution in [0.3, 0.4) is 0 Å². The number of aryl methyl sites for hydroxylation is 1. The van der Waals surface area contributed by atoms with Gasteiger partial charge < -0.3 is 5.32 Å². The zero-order chi connectivity index (χ0) is 13.0. The van der Waals surface area contributed by atoms with Gasteiger partial charge in [0.15, 0.2) is 0 Å². The van der Waals surface area contributed by atoms with Crippen LogP contribution in [-0.4, -0.2) is 7.05 Å². The maximum Gasteiger partial charge on any atom is 0.0358 e. The van der Waals surface area contributed by atoms with Gasteiger partial charge in [0.05, 0.1) is 0 Å². The quantitative estimate of drug-likeness (QED) is 0.818. The lowest BCUT2D eigenvalue weighted by atomic mass is 9.98. The second-order valence-electron chi connectivity index (χ2n) is 4.59. The molecule has 0 spiro atoms. The summed E-state index contributed by atoms with van der Waals surface area (Å²) in [6.07, 6.45) is 1.03. The van der Waals surface area contributed by atoms with Gasteiger partial charge in [-0.1, -0.05) is 42.0 Å². The predicted molar refractivity (Wildman–Crippen MR) is 85.8 cm³/mol. The summed E-state index contributed by atoms with van der Waals surface area (Å²) >= 11 is 2.36. The van der Waals surface area contributed by atoms with E-state index in [0.717, 1.165) is 6.42 Å². The third kappa shape index (κ3) is 3.56. The highest BCUT2D eigenvalue weighted by Crippen LogP contribution is 2.20. The van der Waals surface area contributed by atoms with Crippen LogP contribution in [0.1, 0.15) is 22.7 Å². The van der Waals surface area contributed by atoms with Crippen LogP contribution in [0.2, 0.25) is 0 Å². The van der Waals surface area contributed by atoms with Gasteiger partial charge in [-0.3, -0.25) is 0 Å². The smallest absolute Gasteiger partial charge is 0.0358 e. The molecule has 1 nitrogen and oxygen atoms in total. The van der Waals surface area contributed by atoms with Crippen LogP contribution >= 0.6 is 22.6 Å². The minimum atomic E-state index is 0.376. The van der Waals surface area contributed by atoms with Gasteiger partial charge in [-0.15, -0.1) is 0 Å². The molecule has 0 aromatic heterocycles. The van der Waals surface area contributed by atoms with E-state index in [0.29, 0.717) is 6.04 Å². The first-order valence-electron chi connectivity index (χ1n) is 6.17. The fourth-order valence-electron chi connectivity index (χ4n) is 2.18. The standard InChI is InChI=1S/C16H18IN/c1-12-5-3-6-13(9-12)10-16(18-2)14-7-4-8-15(17)11-14/h3-9,11,16,18H,10H2,1-2H3. The van der Waals surface area contributed by atoms with Gasteiger partial charge >= 0.3 is 0 Å². The average molecular weight is 351 g/mol. The second kappa shape index (κ2) is 6.34. The van der Waals surface area contributed by atoms with Crippen LogP contribution in [0.5, 0.6) is 0 Å². The largest absolute Gasteiger partial charge is 0.313 e. The molecule has 2 rings (SSSR count). The topological polar surface area (TPSA) is 12.0 Å². The fourth-order valence-corrected chi connectivity index (χ4v) is 2.75. The molecule has 2 heteroatoms. The van der Waals surface area contributed by atoms with E-state index in [1.165, 1.54) is 20.3 Å². The number of hydrogen-bond donors (Lipinski definition) is 1. The van der Waals surface area contributed by atoms with E-state index in [2.05, 4.69) is 83.4 Å². The van der Waals surface area contributed by atoms with Crippen molar-refractivity contribution in [1.29, 1.82) is 0 Å². The molecule has 0 amide bonds. The monoisotopic (exact) mass is 351 g/mol. The molecule has 0 saturated heterocycles. The maximum absolute atomic E-state index is 3.41. The molecule has 1 atom stereocenters. The number of rotatable bonds is 4. The Morgan fingerprint density at radius 3 is 2.56 bits per heavy atom. The van der Waals surface area contributed by atoms with Crippen LogP contribution < -0.4 is 5.32 Å². The van der Waals surface area contributed by atoms with E-state index in [4.69, 9.17) is 0 Å². The number of halogens is 1. The molecule has 0 radical (unpaired) electrons. The van der Waals surface area contributed by atoms with Crippen LogP contribution in [0.25, 0.3) is 0 Å². The van der Waals surface area contributed by atoms with Crippen molar-refractivity contribution in [3.8, 4) is 0 Å². The third-order valence-electron chi connectivity index (χ3n) is 3.12. The predicted octanol–water partition coefficient (Wildman–Crippen LogP) is 4.10. The molecule has 0 saturated carbocycles. The summed E-state index contributed by atoms with van der Waals surface area (Å²) in [6, 6.07) is 17.8. The minimum Gasteiger partial charge on any atom is -0.313 e. The number of nitrogens with one attached hydrogen (secondary N) is 1. The van der Waals surface area contributed by atoms with Crippen LogP contribution in [-0.2, 0) is 6.42 Å². The van der Waals surface area contributed by atoms with Crippen LogP contribution in [0.15, 0.2) is 48.5 Å². The number of hydrogen-bond acceptors (Lipinski definition) is 1. The summed E-state index contributed by atoms with van der Waals surface area (Å²) in [7, 11) is 2.03. The third-order valence-corrected chi connectivity index (χ3v) is 3.79. The molecule has 0 fully saturated rings. The summed E-state index contributed by atoms with van der Waals surface area (Å²) in [6.45, 7) is 2.14. The molecular formula is C16H18IN. The molecule has 94 valence electrons. The molecule has 1 unspecified atom stereocenters. The zero-order valence-corrected chi connectivity index (χ0v) is 12.9. The van der Waals surface area contributed by atoms with Gasteiger partial charge in [0.1, 0.15) is 0 Å². The fraction of sp³-hybridized carbons (Fsp3) is 0.250. The summed E-state index contributed by atoms with van der Waals surface area (Å²) in [5.41, 5.74) is 4.06. The lowest BCUT2D eigenvalue weighted by Gasteiger charge is -2.17. The van der Waals surface area contributed by atoms with Gasteiger partial charge in [0.2, 0.25) is 0 Å². The second-order valence-corrected chi connectivity index (χ2v) is 5.84. The highest BCUT2D eigenvalue weighted by Gasteiger charge is 2.10. The van der Waals surface area contributed by atoms with Crippen molar-refractivity contribution in [3.63, 3.8) is 0 Å². The zero-order valence-electron chi connectivity index (χ0n) is 10.8. The molecule has 0 aliphatic carbocycles. The maximum atomic E-state index is 3.41. The normalized spacial score (nSPS) is 12.4. The molecule has 0 heterocycles. The number of benzene rings is 2. The molecule has 0 aliphatic rings. The Morgan fingerprint density at radius 2 is 1.89 bits per heavy atom. The van der Waals surface area contributed by atoms with Crippen molar-refractivity contribution < 1.29 is 0 Å². The Kier molecular flexibility index (Phi) is 4.78. The molecule has 18 heavy (non-hydrogen) atoms. The van der Waals surface area contributed by atoms with E-state index in [-0.39, 0.29) is 0 Å². The van der Waals surface area contributed by atoms with Crippen molar-refractivity contribution in [3.05, 3.63) is 68.8 Å². The highest BCUT2D eigenvalue weighted by molar-refractivity contribution is 14.1. The Labute approximate surface area is 123 Å². The van der Waals surface area contributed by atoms with Crippen molar-refractivity contribution in [2.45, 2.75) is 19.4 Å². The average Bonchev–Trinajstić information content (AvgIpc) is 2.36. The Bertz CT molecular complexity index is 522. The van der Waals surface area contributed by atoms with Gasteiger partial charge in [0.25, 0.3) is 0 Å². The van der Waals surface area contributed by atoms with E-state index in [9.17, 15) is 0 Å². The van der Waals surface area contributed by atoms with Crippen LogP contribution in [0.4, 0.5) is 0 Å². The first-order valence-corrected chi connectivity index (χ1v) is 7.25. The molecule has 0 bridgehead atoms. The SMILES string of the molecule is CNC(Cc1cccc(C)c1)c1cccc(I)c1. The molecular weight excluding hydrogens is 333 g/mol. The highest BCUT2D eigenvalue weighted by atomic mass is 127.